The van der Waals surface area contributed by atoms with Gasteiger partial charge in [-0.05, 0) is 37.3 Å². The van der Waals surface area contributed by atoms with E-state index in [-0.39, 0.29) is 6.04 Å². The molecule has 7 heteroatoms. The third kappa shape index (κ3) is 2.49. The number of fused-ring (bicyclic) bond motifs is 1. The van der Waals surface area contributed by atoms with Crippen LogP contribution in [-0.2, 0) is 6.54 Å². The lowest BCUT2D eigenvalue weighted by molar-refractivity contribution is 0.555. The minimum absolute atomic E-state index is 0.0837. The molecule has 1 unspecified atom stereocenters. The molecular formula is C15H17N7. The van der Waals surface area contributed by atoms with Crippen LogP contribution in [-0.4, -0.2) is 29.9 Å². The van der Waals surface area contributed by atoms with Crippen molar-refractivity contribution in [3.63, 3.8) is 0 Å². The number of hydrogen-bond donors (Lipinski definition) is 1. The molecule has 22 heavy (non-hydrogen) atoms. The molecule has 3 aromatic rings. The van der Waals surface area contributed by atoms with Gasteiger partial charge in [0, 0.05) is 18.9 Å². The van der Waals surface area contributed by atoms with Gasteiger partial charge < -0.3 is 5.32 Å². The minimum Gasteiger partial charge on any atom is -0.361 e. The zero-order valence-electron chi connectivity index (χ0n) is 12.3. The summed E-state index contributed by atoms with van der Waals surface area (Å²) in [7, 11) is 0. The fraction of sp³-hybridized carbons (Fsp3) is 0.400. The number of pyridine rings is 1. The number of nitrogens with one attached hydrogen (secondary N) is 1. The lowest BCUT2D eigenvalue weighted by atomic mass is 10.1. The molecule has 7 nitrogen and oxygen atoms in total. The molecule has 112 valence electrons. The number of anilines is 1. The van der Waals surface area contributed by atoms with Crippen LogP contribution in [0.15, 0.2) is 30.9 Å². The molecule has 0 aliphatic heterocycles. The smallest absolute Gasteiger partial charge is 0.183 e. The van der Waals surface area contributed by atoms with Crippen LogP contribution in [0.25, 0.3) is 11.2 Å². The van der Waals surface area contributed by atoms with Crippen molar-refractivity contribution >= 4 is 17.0 Å². The molecule has 1 fully saturated rings. The highest BCUT2D eigenvalue weighted by atomic mass is 15.4. The summed E-state index contributed by atoms with van der Waals surface area (Å²) in [5, 5.41) is 11.9. The predicted molar refractivity (Wildman–Crippen MR) is 82.1 cm³/mol. The van der Waals surface area contributed by atoms with E-state index in [2.05, 4.69) is 37.5 Å². The molecule has 1 saturated carbocycles. The first-order chi connectivity index (χ1) is 10.8. The van der Waals surface area contributed by atoms with Crippen LogP contribution in [0.4, 0.5) is 5.82 Å². The van der Waals surface area contributed by atoms with E-state index in [0.717, 1.165) is 29.2 Å². The van der Waals surface area contributed by atoms with Crippen molar-refractivity contribution in [2.24, 2.45) is 5.92 Å². The first-order valence-corrected chi connectivity index (χ1v) is 7.52. The summed E-state index contributed by atoms with van der Waals surface area (Å²) in [6.07, 6.45) is 7.72. The van der Waals surface area contributed by atoms with Gasteiger partial charge in [0.15, 0.2) is 17.0 Å². The van der Waals surface area contributed by atoms with Gasteiger partial charge in [0.05, 0.1) is 6.04 Å². The molecular weight excluding hydrogens is 278 g/mol. The number of hydrogen-bond acceptors (Lipinski definition) is 6. The summed E-state index contributed by atoms with van der Waals surface area (Å²) in [5.74, 6) is 1.44. The van der Waals surface area contributed by atoms with E-state index in [4.69, 9.17) is 0 Å². The van der Waals surface area contributed by atoms with Crippen LogP contribution < -0.4 is 5.32 Å². The molecule has 4 rings (SSSR count). The van der Waals surface area contributed by atoms with Crippen molar-refractivity contribution in [2.75, 3.05) is 5.32 Å². The van der Waals surface area contributed by atoms with Gasteiger partial charge in [0.25, 0.3) is 0 Å². The number of nitrogens with zero attached hydrogens (tertiary/aromatic N) is 6. The van der Waals surface area contributed by atoms with Crippen molar-refractivity contribution in [1.82, 2.24) is 29.9 Å². The Balaban J connectivity index is 1.62. The van der Waals surface area contributed by atoms with Crippen molar-refractivity contribution in [3.8, 4) is 0 Å². The van der Waals surface area contributed by atoms with Crippen LogP contribution in [0.3, 0.4) is 0 Å². The monoisotopic (exact) mass is 295 g/mol. The Labute approximate surface area is 127 Å². The van der Waals surface area contributed by atoms with E-state index in [1.165, 1.54) is 12.8 Å². The van der Waals surface area contributed by atoms with E-state index in [0.29, 0.717) is 5.82 Å². The van der Waals surface area contributed by atoms with Gasteiger partial charge in [-0.2, -0.15) is 0 Å². The van der Waals surface area contributed by atoms with E-state index in [9.17, 15) is 0 Å². The Morgan fingerprint density at radius 2 is 2.27 bits per heavy atom. The summed E-state index contributed by atoms with van der Waals surface area (Å²) >= 11 is 0. The van der Waals surface area contributed by atoms with Gasteiger partial charge in [0.1, 0.15) is 6.33 Å². The number of rotatable bonds is 5. The predicted octanol–water partition coefficient (Wildman–Crippen LogP) is 2.20. The maximum absolute atomic E-state index is 4.34. The lowest BCUT2D eigenvalue weighted by Gasteiger charge is -2.14. The highest BCUT2D eigenvalue weighted by Crippen LogP contribution is 2.31. The third-order valence-corrected chi connectivity index (χ3v) is 3.97. The van der Waals surface area contributed by atoms with Gasteiger partial charge in [-0.25, -0.2) is 14.6 Å². The third-order valence-electron chi connectivity index (χ3n) is 3.97. The topological polar surface area (TPSA) is 81.4 Å². The largest absolute Gasteiger partial charge is 0.361 e. The Morgan fingerprint density at radius 1 is 1.36 bits per heavy atom. The molecule has 1 aliphatic rings. The fourth-order valence-corrected chi connectivity index (χ4v) is 2.49. The van der Waals surface area contributed by atoms with Crippen LogP contribution >= 0.6 is 0 Å². The van der Waals surface area contributed by atoms with Crippen molar-refractivity contribution in [3.05, 3.63) is 36.4 Å². The Bertz CT molecular complexity index is 779. The standard InChI is InChI=1S/C15H17N7/c1-10(12-3-2-6-16-7-12)19-14-13-15(18-9-17-14)22(21-20-13)8-11-4-5-11/h2-3,6-7,9-11H,4-5,8H2,1H3,(H,17,18,19). The van der Waals surface area contributed by atoms with Crippen molar-refractivity contribution in [2.45, 2.75) is 32.4 Å². The summed E-state index contributed by atoms with van der Waals surface area (Å²) in [6.45, 7) is 2.96. The quantitative estimate of drug-likeness (QED) is 0.777. The average molecular weight is 295 g/mol. The maximum atomic E-state index is 4.34. The Hall–Kier alpha value is -2.57. The van der Waals surface area contributed by atoms with Gasteiger partial charge in [-0.3, -0.25) is 4.98 Å². The van der Waals surface area contributed by atoms with Crippen molar-refractivity contribution in [1.29, 1.82) is 0 Å². The molecule has 3 heterocycles. The molecule has 0 saturated heterocycles. The minimum atomic E-state index is 0.0837. The second-order valence-electron chi connectivity index (χ2n) is 5.76. The molecule has 0 amide bonds. The van der Waals surface area contributed by atoms with Gasteiger partial charge in [-0.1, -0.05) is 11.3 Å². The summed E-state index contributed by atoms with van der Waals surface area (Å²) in [4.78, 5) is 12.8. The van der Waals surface area contributed by atoms with E-state index >= 15 is 0 Å². The molecule has 0 bridgehead atoms. The second kappa shape index (κ2) is 5.32. The van der Waals surface area contributed by atoms with Gasteiger partial charge >= 0.3 is 0 Å². The second-order valence-corrected chi connectivity index (χ2v) is 5.76. The number of aromatic nitrogens is 6. The fourth-order valence-electron chi connectivity index (χ4n) is 2.49. The molecule has 1 N–H and O–H groups in total. The van der Waals surface area contributed by atoms with E-state index < -0.39 is 0 Å². The molecule has 0 radical (unpaired) electrons. The highest BCUT2D eigenvalue weighted by Gasteiger charge is 2.24. The van der Waals surface area contributed by atoms with Crippen LogP contribution in [0, 0.1) is 5.92 Å². The molecule has 0 aromatic carbocycles. The normalized spacial score (nSPS) is 15.9. The Kier molecular flexibility index (Phi) is 3.17. The SMILES string of the molecule is CC(Nc1ncnc2c1nnn2CC1CC1)c1cccnc1. The average Bonchev–Trinajstić information content (AvgIpc) is 3.28. The van der Waals surface area contributed by atoms with Gasteiger partial charge in [-0.15, -0.1) is 5.10 Å². The zero-order valence-corrected chi connectivity index (χ0v) is 12.3. The van der Waals surface area contributed by atoms with Gasteiger partial charge in [0.2, 0.25) is 0 Å². The highest BCUT2D eigenvalue weighted by molar-refractivity contribution is 5.81. The lowest BCUT2D eigenvalue weighted by Crippen LogP contribution is -2.09. The van der Waals surface area contributed by atoms with Crippen LogP contribution in [0.5, 0.6) is 0 Å². The van der Waals surface area contributed by atoms with E-state index in [1.54, 1.807) is 12.5 Å². The summed E-state index contributed by atoms with van der Waals surface area (Å²) < 4.78 is 1.88. The molecule has 1 atom stereocenters. The maximum Gasteiger partial charge on any atom is 0.183 e. The van der Waals surface area contributed by atoms with Crippen LogP contribution in [0.2, 0.25) is 0 Å². The first kappa shape index (κ1) is 13.1. The summed E-state index contributed by atoms with van der Waals surface area (Å²) in [5.41, 5.74) is 2.61. The van der Waals surface area contributed by atoms with Crippen molar-refractivity contribution < 1.29 is 0 Å². The molecule has 3 aromatic heterocycles. The molecule has 1 aliphatic carbocycles. The first-order valence-electron chi connectivity index (χ1n) is 7.52. The molecule has 0 spiro atoms. The zero-order chi connectivity index (χ0) is 14.9. The van der Waals surface area contributed by atoms with E-state index in [1.807, 2.05) is 23.0 Å². The van der Waals surface area contributed by atoms with Crippen LogP contribution in [0.1, 0.15) is 31.4 Å². The Morgan fingerprint density at radius 3 is 3.05 bits per heavy atom. The summed E-state index contributed by atoms with van der Waals surface area (Å²) in [6, 6.07) is 4.04.